The van der Waals surface area contributed by atoms with E-state index in [1.807, 2.05) is 12.1 Å². The fourth-order valence-electron chi connectivity index (χ4n) is 2.07. The first kappa shape index (κ1) is 15.4. The van der Waals surface area contributed by atoms with Crippen molar-refractivity contribution in [3.63, 3.8) is 0 Å². The summed E-state index contributed by atoms with van der Waals surface area (Å²) in [5.74, 6) is 0.870. The number of hydrogen-bond donors (Lipinski definition) is 1. The third-order valence-electron chi connectivity index (χ3n) is 3.23. The Bertz CT molecular complexity index is 607. The van der Waals surface area contributed by atoms with Crippen molar-refractivity contribution in [3.8, 4) is 0 Å². The smallest absolute Gasteiger partial charge is 0.0767 e. The van der Waals surface area contributed by atoms with Gasteiger partial charge in [0.25, 0.3) is 0 Å². The Morgan fingerprint density at radius 1 is 1.35 bits per heavy atom. The van der Waals surface area contributed by atoms with Gasteiger partial charge in [-0.15, -0.1) is 11.8 Å². The van der Waals surface area contributed by atoms with Gasteiger partial charge < -0.3 is 5.73 Å². The monoisotopic (exact) mass is 353 g/mol. The Labute approximate surface area is 133 Å². The molecule has 2 rings (SSSR count). The summed E-state index contributed by atoms with van der Waals surface area (Å²) in [5.41, 5.74) is 10.5. The fraction of sp³-hybridized carbons (Fsp3) is 0.400. The highest BCUT2D eigenvalue weighted by atomic mass is 79.9. The molecule has 0 radical (unpaired) electrons. The standard InChI is InChI=1S/C15H20BrN3S/c1-4-12-15(16)13(19(5-2)18-12)9-20-14-8-10(3)6-7-11(14)17/h6-8H,4-5,9,17H2,1-3H3. The molecule has 0 aliphatic heterocycles. The second-order valence-electron chi connectivity index (χ2n) is 4.71. The molecule has 1 aromatic carbocycles. The first-order valence-corrected chi connectivity index (χ1v) is 8.57. The number of nitrogens with zero attached hydrogens (tertiary/aromatic N) is 2. The van der Waals surface area contributed by atoms with E-state index in [1.54, 1.807) is 11.8 Å². The van der Waals surface area contributed by atoms with Gasteiger partial charge in [0.15, 0.2) is 0 Å². The number of halogens is 1. The number of benzene rings is 1. The van der Waals surface area contributed by atoms with Crippen molar-refractivity contribution in [1.82, 2.24) is 9.78 Å². The summed E-state index contributed by atoms with van der Waals surface area (Å²) in [4.78, 5) is 1.14. The minimum absolute atomic E-state index is 0.843. The van der Waals surface area contributed by atoms with E-state index >= 15 is 0 Å². The third-order valence-corrected chi connectivity index (χ3v) is 5.23. The average molecular weight is 354 g/mol. The lowest BCUT2D eigenvalue weighted by atomic mass is 10.2. The van der Waals surface area contributed by atoms with Crippen LogP contribution in [0.25, 0.3) is 0 Å². The van der Waals surface area contributed by atoms with Gasteiger partial charge in [-0.25, -0.2) is 0 Å². The first-order valence-electron chi connectivity index (χ1n) is 6.79. The van der Waals surface area contributed by atoms with Gasteiger partial charge in [-0.1, -0.05) is 13.0 Å². The first-order chi connectivity index (χ1) is 9.56. The van der Waals surface area contributed by atoms with Crippen LogP contribution in [-0.4, -0.2) is 9.78 Å². The number of aromatic nitrogens is 2. The van der Waals surface area contributed by atoms with Crippen molar-refractivity contribution < 1.29 is 0 Å². The molecule has 1 aromatic heterocycles. The zero-order chi connectivity index (χ0) is 14.7. The number of nitrogen functional groups attached to an aromatic ring is 1. The van der Waals surface area contributed by atoms with Gasteiger partial charge >= 0.3 is 0 Å². The molecule has 2 N–H and O–H groups in total. The van der Waals surface area contributed by atoms with Crippen LogP contribution < -0.4 is 5.73 Å². The van der Waals surface area contributed by atoms with Crippen molar-refractivity contribution in [2.75, 3.05) is 5.73 Å². The molecular weight excluding hydrogens is 334 g/mol. The average Bonchev–Trinajstić information content (AvgIpc) is 2.75. The lowest BCUT2D eigenvalue weighted by Gasteiger charge is -2.08. The number of aryl methyl sites for hydroxylation is 3. The molecule has 0 aliphatic rings. The molecule has 20 heavy (non-hydrogen) atoms. The van der Waals surface area contributed by atoms with Crippen LogP contribution >= 0.6 is 27.7 Å². The maximum Gasteiger partial charge on any atom is 0.0767 e. The zero-order valence-corrected chi connectivity index (χ0v) is 14.5. The molecule has 5 heteroatoms. The summed E-state index contributed by atoms with van der Waals surface area (Å²) in [6, 6.07) is 6.16. The van der Waals surface area contributed by atoms with Gasteiger partial charge in [-0.3, -0.25) is 4.68 Å². The topological polar surface area (TPSA) is 43.8 Å². The molecule has 0 saturated carbocycles. The van der Waals surface area contributed by atoms with Crippen LogP contribution in [-0.2, 0) is 18.7 Å². The van der Waals surface area contributed by atoms with Gasteiger partial charge in [0.05, 0.1) is 15.9 Å². The van der Waals surface area contributed by atoms with Crippen LogP contribution in [0.1, 0.15) is 30.8 Å². The number of nitrogens with two attached hydrogens (primary N) is 1. The van der Waals surface area contributed by atoms with E-state index in [0.29, 0.717) is 0 Å². The summed E-state index contributed by atoms with van der Waals surface area (Å²) in [6.45, 7) is 7.22. The van der Waals surface area contributed by atoms with Gasteiger partial charge in [0, 0.05) is 22.9 Å². The predicted octanol–water partition coefficient (Wildman–Crippen LogP) is 4.41. The zero-order valence-electron chi connectivity index (χ0n) is 12.1. The lowest BCUT2D eigenvalue weighted by molar-refractivity contribution is 0.627. The number of hydrogen-bond acceptors (Lipinski definition) is 3. The van der Waals surface area contributed by atoms with E-state index in [0.717, 1.165) is 39.5 Å². The number of rotatable bonds is 5. The molecule has 0 atom stereocenters. The molecule has 0 fully saturated rings. The molecule has 3 nitrogen and oxygen atoms in total. The Hall–Kier alpha value is -0.940. The van der Waals surface area contributed by atoms with E-state index in [9.17, 15) is 0 Å². The molecule has 0 saturated heterocycles. The fourth-order valence-corrected chi connectivity index (χ4v) is 4.05. The Balaban J connectivity index is 2.22. The van der Waals surface area contributed by atoms with Crippen molar-refractivity contribution in [2.45, 2.75) is 44.4 Å². The van der Waals surface area contributed by atoms with Crippen molar-refractivity contribution in [3.05, 3.63) is 39.6 Å². The molecule has 0 aliphatic carbocycles. The SMILES string of the molecule is CCc1nn(CC)c(CSc2cc(C)ccc2N)c1Br. The van der Waals surface area contributed by atoms with Crippen molar-refractivity contribution >= 4 is 33.4 Å². The minimum atomic E-state index is 0.843. The largest absolute Gasteiger partial charge is 0.398 e. The van der Waals surface area contributed by atoms with E-state index in [4.69, 9.17) is 5.73 Å². The van der Waals surface area contributed by atoms with Crippen LogP contribution in [0, 0.1) is 6.92 Å². The molecule has 0 spiro atoms. The summed E-state index contributed by atoms with van der Waals surface area (Å²) < 4.78 is 3.21. The molecule has 108 valence electrons. The number of anilines is 1. The molecule has 2 aromatic rings. The van der Waals surface area contributed by atoms with Crippen LogP contribution in [0.2, 0.25) is 0 Å². The van der Waals surface area contributed by atoms with Crippen molar-refractivity contribution in [2.24, 2.45) is 0 Å². The molecule has 0 amide bonds. The quantitative estimate of drug-likeness (QED) is 0.639. The van der Waals surface area contributed by atoms with Crippen LogP contribution in [0.15, 0.2) is 27.6 Å². The van der Waals surface area contributed by atoms with Crippen LogP contribution in [0.5, 0.6) is 0 Å². The normalized spacial score (nSPS) is 11.0. The maximum atomic E-state index is 6.04. The summed E-state index contributed by atoms with van der Waals surface area (Å²) in [6.07, 6.45) is 0.942. The molecular formula is C15H20BrN3S. The molecule has 0 bridgehead atoms. The van der Waals surface area contributed by atoms with E-state index < -0.39 is 0 Å². The highest BCUT2D eigenvalue weighted by Gasteiger charge is 2.14. The van der Waals surface area contributed by atoms with Crippen LogP contribution in [0.3, 0.4) is 0 Å². The van der Waals surface area contributed by atoms with Gasteiger partial charge in [0.1, 0.15) is 0 Å². The van der Waals surface area contributed by atoms with Crippen molar-refractivity contribution in [1.29, 1.82) is 0 Å². The maximum absolute atomic E-state index is 6.04. The second-order valence-corrected chi connectivity index (χ2v) is 6.52. The van der Waals surface area contributed by atoms with Gasteiger partial charge in [0.2, 0.25) is 0 Å². The van der Waals surface area contributed by atoms with Crippen LogP contribution in [0.4, 0.5) is 5.69 Å². The summed E-state index contributed by atoms with van der Waals surface area (Å²) >= 11 is 5.45. The van der Waals surface area contributed by atoms with Gasteiger partial charge in [-0.2, -0.15) is 5.10 Å². The summed E-state index contributed by atoms with van der Waals surface area (Å²) in [7, 11) is 0. The molecule has 1 heterocycles. The Kier molecular flexibility index (Phi) is 5.16. The van der Waals surface area contributed by atoms with E-state index in [2.05, 4.69) is 52.5 Å². The Morgan fingerprint density at radius 2 is 2.10 bits per heavy atom. The van der Waals surface area contributed by atoms with E-state index in [1.165, 1.54) is 11.3 Å². The molecule has 0 unspecified atom stereocenters. The lowest BCUT2D eigenvalue weighted by Crippen LogP contribution is -2.02. The minimum Gasteiger partial charge on any atom is -0.398 e. The Morgan fingerprint density at radius 3 is 2.75 bits per heavy atom. The third kappa shape index (κ3) is 3.20. The summed E-state index contributed by atoms with van der Waals surface area (Å²) in [5, 5.41) is 4.62. The number of thioether (sulfide) groups is 1. The van der Waals surface area contributed by atoms with Gasteiger partial charge in [-0.05, 0) is 53.9 Å². The highest BCUT2D eigenvalue weighted by Crippen LogP contribution is 2.32. The van der Waals surface area contributed by atoms with E-state index in [-0.39, 0.29) is 0 Å². The predicted molar refractivity (Wildman–Crippen MR) is 90.1 cm³/mol. The second kappa shape index (κ2) is 6.68. The highest BCUT2D eigenvalue weighted by molar-refractivity contribution is 9.10.